The van der Waals surface area contributed by atoms with Gasteiger partial charge in [0.1, 0.15) is 11.6 Å². The van der Waals surface area contributed by atoms with Crippen LogP contribution in [0.15, 0.2) is 60.8 Å². The van der Waals surface area contributed by atoms with Gasteiger partial charge in [-0.3, -0.25) is 4.79 Å². The maximum Gasteiger partial charge on any atom is 0.407 e. The molecule has 1 saturated heterocycles. The molecule has 3 heterocycles. The number of amides is 2. The fourth-order valence-corrected chi connectivity index (χ4v) is 5.45. The summed E-state index contributed by atoms with van der Waals surface area (Å²) in [6, 6.07) is 19.8. The highest BCUT2D eigenvalue weighted by Gasteiger charge is 2.19. The number of unbranched alkanes of at least 4 members (excludes halogenated alkanes) is 1. The number of methoxy groups -OCH3 is 1. The molecule has 1 aliphatic heterocycles. The fourth-order valence-electron chi connectivity index (χ4n) is 5.45. The number of hydrogen-bond acceptors (Lipinski definition) is 6. The Balaban J connectivity index is 0.00000128. The molecule has 1 unspecified atom stereocenters. The smallest absolute Gasteiger partial charge is 0.407 e. The average Bonchev–Trinajstić information content (AvgIpc) is 3.84. The fraction of sp³-hybridized carbons (Fsp3) is 0.371. The van der Waals surface area contributed by atoms with Crippen LogP contribution in [0, 0.1) is 0 Å². The van der Waals surface area contributed by atoms with E-state index in [0.717, 1.165) is 66.2 Å². The molecular formula is C35H43N7O3. The van der Waals surface area contributed by atoms with Gasteiger partial charge in [0.05, 0.1) is 42.6 Å². The van der Waals surface area contributed by atoms with E-state index in [0.29, 0.717) is 12.6 Å². The number of aromatic nitrogens is 4. The van der Waals surface area contributed by atoms with E-state index in [4.69, 9.17) is 4.98 Å². The van der Waals surface area contributed by atoms with Crippen molar-refractivity contribution in [1.82, 2.24) is 35.9 Å². The Hall–Kier alpha value is -4.70. The van der Waals surface area contributed by atoms with E-state index < -0.39 is 6.09 Å². The molecule has 0 bridgehead atoms. The minimum atomic E-state index is -0.621. The number of imidazole rings is 2. The van der Waals surface area contributed by atoms with Crippen molar-refractivity contribution in [3.8, 4) is 22.4 Å². The van der Waals surface area contributed by atoms with Crippen LogP contribution in [0.25, 0.3) is 44.2 Å². The van der Waals surface area contributed by atoms with Gasteiger partial charge < -0.3 is 30.7 Å². The summed E-state index contributed by atoms with van der Waals surface area (Å²) in [7, 11) is 1.26. The lowest BCUT2D eigenvalue weighted by atomic mass is 9.99. The minimum absolute atomic E-state index is 0.0958. The predicted octanol–water partition coefficient (Wildman–Crippen LogP) is 6.41. The Morgan fingerprint density at radius 3 is 2.42 bits per heavy atom. The number of nitrogens with one attached hydrogen (secondary N) is 5. The number of benzene rings is 3. The molecule has 0 radical (unpaired) electrons. The topological polar surface area (TPSA) is 137 Å². The molecule has 2 amide bonds. The molecule has 0 spiro atoms. The summed E-state index contributed by atoms with van der Waals surface area (Å²) in [5, 5.41) is 11.0. The van der Waals surface area contributed by atoms with Crippen molar-refractivity contribution in [3.05, 3.63) is 72.4 Å². The third kappa shape index (κ3) is 8.27. The van der Waals surface area contributed by atoms with Crippen molar-refractivity contribution in [2.24, 2.45) is 0 Å². The number of rotatable bonds is 10. The van der Waals surface area contributed by atoms with Crippen LogP contribution >= 0.6 is 0 Å². The third-order valence-electron chi connectivity index (χ3n) is 7.74. The largest absolute Gasteiger partial charge is 0.453 e. The van der Waals surface area contributed by atoms with E-state index in [1.54, 1.807) is 0 Å². The molecule has 10 nitrogen and oxygen atoms in total. The summed E-state index contributed by atoms with van der Waals surface area (Å²) < 4.78 is 4.45. The van der Waals surface area contributed by atoms with E-state index in [1.165, 1.54) is 41.9 Å². The zero-order valence-electron chi connectivity index (χ0n) is 26.3. The van der Waals surface area contributed by atoms with Gasteiger partial charge in [-0.2, -0.15) is 0 Å². The predicted molar refractivity (Wildman–Crippen MR) is 179 cm³/mol. The molecule has 5 N–H and O–H groups in total. The Morgan fingerprint density at radius 2 is 1.67 bits per heavy atom. The second kappa shape index (κ2) is 15.3. The van der Waals surface area contributed by atoms with Crippen molar-refractivity contribution >= 4 is 33.8 Å². The number of ether oxygens (including phenoxy) is 1. The van der Waals surface area contributed by atoms with Crippen LogP contribution in [-0.2, 0) is 16.0 Å². The van der Waals surface area contributed by atoms with Gasteiger partial charge in [0.2, 0.25) is 5.91 Å². The van der Waals surface area contributed by atoms with Gasteiger partial charge in [0.15, 0.2) is 0 Å². The first-order valence-electron chi connectivity index (χ1n) is 15.9. The standard InChI is InChI=1S/C32H35N7O3.C3H8/c1-42-32(41)36-19-30(40)34-13-3-2-6-29-35-18-28(37-29)24-10-9-20-15-21(7-8-22(20)16-24)23-11-12-25-27(17-23)39-31(38-25)26-5-4-14-33-26;1-3-2/h7-12,15-18,26,33H,2-6,13-14,19H2,1H3,(H,34,40)(H,35,37)(H,36,41)(H,38,39);3H2,1-2H3. The molecule has 236 valence electrons. The normalized spacial score (nSPS) is 14.2. The number of nitrogens with zero attached hydrogens (tertiary/aromatic N) is 2. The Labute approximate surface area is 263 Å². The number of hydrogen-bond donors (Lipinski definition) is 5. The third-order valence-corrected chi connectivity index (χ3v) is 7.74. The average molecular weight is 610 g/mol. The van der Waals surface area contributed by atoms with Gasteiger partial charge in [0, 0.05) is 18.5 Å². The lowest BCUT2D eigenvalue weighted by Crippen LogP contribution is -2.37. The maximum absolute atomic E-state index is 11.7. The summed E-state index contributed by atoms with van der Waals surface area (Å²) >= 11 is 0. The molecular weight excluding hydrogens is 566 g/mol. The van der Waals surface area contributed by atoms with Crippen molar-refractivity contribution in [2.75, 3.05) is 26.7 Å². The number of H-pyrrole nitrogens is 2. The van der Waals surface area contributed by atoms with E-state index in [-0.39, 0.29) is 12.5 Å². The first-order valence-corrected chi connectivity index (χ1v) is 15.9. The first-order chi connectivity index (χ1) is 22.0. The summed E-state index contributed by atoms with van der Waals surface area (Å²) in [4.78, 5) is 39.1. The van der Waals surface area contributed by atoms with Crippen LogP contribution in [0.1, 0.15) is 63.6 Å². The number of alkyl carbamates (subject to hydrolysis) is 1. The second-order valence-corrected chi connectivity index (χ2v) is 11.4. The number of fused-ring (bicyclic) bond motifs is 2. The van der Waals surface area contributed by atoms with E-state index >= 15 is 0 Å². The molecule has 0 aliphatic carbocycles. The van der Waals surface area contributed by atoms with Crippen LogP contribution in [-0.4, -0.2) is 58.7 Å². The summed E-state index contributed by atoms with van der Waals surface area (Å²) in [6.07, 6.45) is 7.29. The molecule has 0 saturated carbocycles. The van der Waals surface area contributed by atoms with Crippen molar-refractivity contribution in [1.29, 1.82) is 0 Å². The summed E-state index contributed by atoms with van der Waals surface area (Å²) in [5.41, 5.74) is 6.48. The molecule has 1 atom stereocenters. The summed E-state index contributed by atoms with van der Waals surface area (Å²) in [6.45, 7) is 5.74. The van der Waals surface area contributed by atoms with Gasteiger partial charge in [0.25, 0.3) is 0 Å². The van der Waals surface area contributed by atoms with Crippen LogP contribution in [0.4, 0.5) is 4.79 Å². The molecule has 2 aromatic heterocycles. The Morgan fingerprint density at radius 1 is 0.933 bits per heavy atom. The van der Waals surface area contributed by atoms with Gasteiger partial charge in [-0.05, 0) is 78.4 Å². The highest BCUT2D eigenvalue weighted by atomic mass is 16.5. The van der Waals surface area contributed by atoms with Crippen LogP contribution in [0.5, 0.6) is 0 Å². The molecule has 6 rings (SSSR count). The second-order valence-electron chi connectivity index (χ2n) is 11.4. The van der Waals surface area contributed by atoms with Crippen LogP contribution < -0.4 is 16.0 Å². The van der Waals surface area contributed by atoms with Gasteiger partial charge in [-0.25, -0.2) is 14.8 Å². The van der Waals surface area contributed by atoms with E-state index in [1.807, 2.05) is 6.20 Å². The molecule has 10 heteroatoms. The SMILES string of the molecule is CCC.COC(=O)NCC(=O)NCCCCc1ncc(-c2ccc3cc(-c4ccc5nc(C6CCCN6)[nH]c5c4)ccc3c2)[nH]1. The highest BCUT2D eigenvalue weighted by Crippen LogP contribution is 2.30. The number of carbonyl (C=O) groups is 2. The molecule has 1 fully saturated rings. The van der Waals surface area contributed by atoms with Crippen LogP contribution in [0.2, 0.25) is 0 Å². The lowest BCUT2D eigenvalue weighted by molar-refractivity contribution is -0.120. The first kappa shape index (κ1) is 31.7. The molecule has 3 aromatic carbocycles. The number of aromatic amines is 2. The Kier molecular flexibility index (Phi) is 10.8. The van der Waals surface area contributed by atoms with E-state index in [2.05, 4.69) is 104 Å². The zero-order chi connectivity index (χ0) is 31.6. The van der Waals surface area contributed by atoms with Gasteiger partial charge in [-0.15, -0.1) is 0 Å². The zero-order valence-corrected chi connectivity index (χ0v) is 26.3. The van der Waals surface area contributed by atoms with Gasteiger partial charge in [-0.1, -0.05) is 50.6 Å². The van der Waals surface area contributed by atoms with Crippen molar-refractivity contribution in [2.45, 2.75) is 58.4 Å². The maximum atomic E-state index is 11.7. The quantitative estimate of drug-likeness (QED) is 0.116. The van der Waals surface area contributed by atoms with Crippen LogP contribution in [0.3, 0.4) is 0 Å². The number of aryl methyl sites for hydroxylation is 1. The van der Waals surface area contributed by atoms with E-state index in [9.17, 15) is 9.59 Å². The highest BCUT2D eigenvalue weighted by molar-refractivity contribution is 5.91. The molecule has 5 aromatic rings. The lowest BCUT2D eigenvalue weighted by Gasteiger charge is -2.07. The summed E-state index contributed by atoms with van der Waals surface area (Å²) in [5.74, 6) is 1.71. The van der Waals surface area contributed by atoms with Crippen molar-refractivity contribution < 1.29 is 14.3 Å². The van der Waals surface area contributed by atoms with Crippen molar-refractivity contribution in [3.63, 3.8) is 0 Å². The molecule has 45 heavy (non-hydrogen) atoms. The Bertz CT molecular complexity index is 1740. The monoisotopic (exact) mass is 609 g/mol. The minimum Gasteiger partial charge on any atom is -0.453 e. The molecule has 1 aliphatic rings. The van der Waals surface area contributed by atoms with Gasteiger partial charge >= 0.3 is 6.09 Å². The number of carbonyl (C=O) groups excluding carboxylic acids is 2.